The molecular formula is C23H32N6O. The number of nitrogens with zero attached hydrogens (tertiary/aromatic N) is 1. The normalized spacial score (nSPS) is 11.0. The number of hydrogen-bond acceptors (Lipinski definition) is 4. The minimum absolute atomic E-state index is 0.150. The van der Waals surface area contributed by atoms with Crippen molar-refractivity contribution >= 4 is 16.9 Å². The van der Waals surface area contributed by atoms with Crippen LogP contribution in [0.2, 0.25) is 0 Å². The summed E-state index contributed by atoms with van der Waals surface area (Å²) in [6.45, 7) is 3.53. The van der Waals surface area contributed by atoms with Crippen LogP contribution in [-0.4, -0.2) is 37.2 Å². The molecule has 0 spiro atoms. The van der Waals surface area contributed by atoms with Gasteiger partial charge in [-0.05, 0) is 79.2 Å². The number of nitrogens with one attached hydrogen (secondary N) is 2. The SMILES string of the molecule is NCCCOc1ccc(-c2ccc3[nH]ccc3c2)cc1CNCCCCN=C(N)N. The Morgan fingerprint density at radius 1 is 1.00 bits per heavy atom. The predicted molar refractivity (Wildman–Crippen MR) is 125 cm³/mol. The Morgan fingerprint density at radius 2 is 1.83 bits per heavy atom. The number of guanidine groups is 1. The van der Waals surface area contributed by atoms with E-state index in [1.54, 1.807) is 0 Å². The van der Waals surface area contributed by atoms with Crippen molar-refractivity contribution in [1.82, 2.24) is 10.3 Å². The Bertz CT molecular complexity index is 961. The average molecular weight is 409 g/mol. The lowest BCUT2D eigenvalue weighted by atomic mass is 10.0. The summed E-state index contributed by atoms with van der Waals surface area (Å²) in [6.07, 6.45) is 4.75. The smallest absolute Gasteiger partial charge is 0.185 e. The number of hydrogen-bond donors (Lipinski definition) is 5. The highest BCUT2D eigenvalue weighted by Crippen LogP contribution is 2.29. The van der Waals surface area contributed by atoms with Crippen LogP contribution in [0.15, 0.2) is 53.7 Å². The van der Waals surface area contributed by atoms with E-state index in [-0.39, 0.29) is 5.96 Å². The van der Waals surface area contributed by atoms with Crippen molar-refractivity contribution in [3.63, 3.8) is 0 Å². The molecule has 0 atom stereocenters. The van der Waals surface area contributed by atoms with Gasteiger partial charge in [-0.1, -0.05) is 12.1 Å². The average Bonchev–Trinajstić information content (AvgIpc) is 3.21. The molecule has 8 N–H and O–H groups in total. The van der Waals surface area contributed by atoms with Crippen LogP contribution in [-0.2, 0) is 6.54 Å². The summed E-state index contributed by atoms with van der Waals surface area (Å²) in [7, 11) is 0. The van der Waals surface area contributed by atoms with Gasteiger partial charge in [0.05, 0.1) is 6.61 Å². The van der Waals surface area contributed by atoms with Crippen LogP contribution >= 0.6 is 0 Å². The molecule has 0 aliphatic carbocycles. The molecule has 0 amide bonds. The highest BCUT2D eigenvalue weighted by molar-refractivity contribution is 5.85. The van der Waals surface area contributed by atoms with Gasteiger partial charge in [0, 0.05) is 30.4 Å². The Morgan fingerprint density at radius 3 is 2.67 bits per heavy atom. The minimum Gasteiger partial charge on any atom is -0.493 e. The first-order chi connectivity index (χ1) is 14.7. The summed E-state index contributed by atoms with van der Waals surface area (Å²) in [4.78, 5) is 7.25. The van der Waals surface area contributed by atoms with Gasteiger partial charge in [-0.2, -0.15) is 0 Å². The van der Waals surface area contributed by atoms with E-state index in [0.29, 0.717) is 19.7 Å². The van der Waals surface area contributed by atoms with Gasteiger partial charge in [-0.25, -0.2) is 0 Å². The van der Waals surface area contributed by atoms with Crippen molar-refractivity contribution in [1.29, 1.82) is 0 Å². The molecule has 1 heterocycles. The molecule has 3 aromatic rings. The van der Waals surface area contributed by atoms with Crippen molar-refractivity contribution in [2.75, 3.05) is 26.2 Å². The molecule has 3 rings (SSSR count). The van der Waals surface area contributed by atoms with E-state index >= 15 is 0 Å². The topological polar surface area (TPSA) is 127 Å². The second-order valence-corrected chi connectivity index (χ2v) is 7.28. The third-order valence-electron chi connectivity index (χ3n) is 4.92. The summed E-state index contributed by atoms with van der Waals surface area (Å²) in [6, 6.07) is 14.9. The summed E-state index contributed by atoms with van der Waals surface area (Å²) >= 11 is 0. The van der Waals surface area contributed by atoms with Crippen LogP contribution in [0.3, 0.4) is 0 Å². The monoisotopic (exact) mass is 408 g/mol. The Balaban J connectivity index is 1.67. The van der Waals surface area contributed by atoms with Crippen LogP contribution in [0.25, 0.3) is 22.0 Å². The zero-order chi connectivity index (χ0) is 21.2. The molecule has 0 saturated carbocycles. The third kappa shape index (κ3) is 6.23. The highest BCUT2D eigenvalue weighted by Gasteiger charge is 2.08. The van der Waals surface area contributed by atoms with Crippen LogP contribution in [0.5, 0.6) is 5.75 Å². The number of benzene rings is 2. The zero-order valence-electron chi connectivity index (χ0n) is 17.4. The van der Waals surface area contributed by atoms with Gasteiger partial charge >= 0.3 is 0 Å². The molecule has 0 saturated heterocycles. The van der Waals surface area contributed by atoms with Crippen LogP contribution < -0.4 is 27.3 Å². The van der Waals surface area contributed by atoms with Gasteiger partial charge in [0.15, 0.2) is 5.96 Å². The maximum absolute atomic E-state index is 5.98. The van der Waals surface area contributed by atoms with E-state index in [2.05, 4.69) is 57.8 Å². The minimum atomic E-state index is 0.150. The number of H-pyrrole nitrogens is 1. The summed E-state index contributed by atoms with van der Waals surface area (Å²) < 4.78 is 5.98. The number of aliphatic imine (C=N–C) groups is 1. The highest BCUT2D eigenvalue weighted by atomic mass is 16.5. The first kappa shape index (κ1) is 21.7. The van der Waals surface area contributed by atoms with Crippen molar-refractivity contribution in [3.05, 3.63) is 54.2 Å². The van der Waals surface area contributed by atoms with Crippen LogP contribution in [0.1, 0.15) is 24.8 Å². The Hall–Kier alpha value is -3.03. The molecule has 0 aliphatic rings. The molecule has 0 aliphatic heterocycles. The van der Waals surface area contributed by atoms with E-state index in [0.717, 1.165) is 49.2 Å². The summed E-state index contributed by atoms with van der Waals surface area (Å²) in [5, 5.41) is 4.71. The number of ether oxygens (including phenoxy) is 1. The molecule has 1 aromatic heterocycles. The molecule has 7 nitrogen and oxygen atoms in total. The number of unbranched alkanes of at least 4 members (excludes halogenated alkanes) is 1. The second-order valence-electron chi connectivity index (χ2n) is 7.28. The third-order valence-corrected chi connectivity index (χ3v) is 4.92. The lowest BCUT2D eigenvalue weighted by molar-refractivity contribution is 0.309. The van der Waals surface area contributed by atoms with Gasteiger partial charge in [-0.3, -0.25) is 4.99 Å². The fourth-order valence-corrected chi connectivity index (χ4v) is 3.33. The largest absolute Gasteiger partial charge is 0.493 e. The van der Waals surface area contributed by atoms with Gasteiger partial charge in [-0.15, -0.1) is 0 Å². The fourth-order valence-electron chi connectivity index (χ4n) is 3.33. The molecule has 2 aromatic carbocycles. The number of aromatic nitrogens is 1. The Kier molecular flexibility index (Phi) is 8.11. The fraction of sp³-hybridized carbons (Fsp3) is 0.348. The first-order valence-corrected chi connectivity index (χ1v) is 10.5. The number of rotatable bonds is 12. The number of nitrogens with two attached hydrogens (primary N) is 3. The summed E-state index contributed by atoms with van der Waals surface area (Å²) in [5.41, 5.74) is 21.0. The predicted octanol–water partition coefficient (Wildman–Crippen LogP) is 2.71. The molecular weight excluding hydrogens is 376 g/mol. The first-order valence-electron chi connectivity index (χ1n) is 10.5. The van der Waals surface area contributed by atoms with Crippen LogP contribution in [0, 0.1) is 0 Å². The quantitative estimate of drug-likeness (QED) is 0.179. The summed E-state index contributed by atoms with van der Waals surface area (Å²) in [5.74, 6) is 1.06. The Labute approximate surface area is 177 Å². The molecule has 0 bridgehead atoms. The molecule has 0 fully saturated rings. The van der Waals surface area contributed by atoms with Crippen LogP contribution in [0.4, 0.5) is 0 Å². The lowest BCUT2D eigenvalue weighted by Crippen LogP contribution is -2.23. The zero-order valence-corrected chi connectivity index (χ0v) is 17.4. The van der Waals surface area contributed by atoms with Crippen molar-refractivity contribution in [2.24, 2.45) is 22.2 Å². The molecule has 30 heavy (non-hydrogen) atoms. The van der Waals surface area contributed by atoms with Gasteiger partial charge in [0.25, 0.3) is 0 Å². The van der Waals surface area contributed by atoms with Crippen molar-refractivity contribution in [2.45, 2.75) is 25.8 Å². The van der Waals surface area contributed by atoms with Gasteiger partial charge in [0.1, 0.15) is 5.75 Å². The molecule has 7 heteroatoms. The van der Waals surface area contributed by atoms with Gasteiger partial charge in [0.2, 0.25) is 0 Å². The van der Waals surface area contributed by atoms with E-state index in [1.807, 2.05) is 6.20 Å². The van der Waals surface area contributed by atoms with Crippen molar-refractivity contribution < 1.29 is 4.74 Å². The molecule has 160 valence electrons. The molecule has 0 unspecified atom stereocenters. The molecule has 0 radical (unpaired) electrons. The number of fused-ring (bicyclic) bond motifs is 1. The lowest BCUT2D eigenvalue weighted by Gasteiger charge is -2.14. The maximum atomic E-state index is 5.98. The standard InChI is InChI=1S/C23H32N6O/c24-9-3-13-30-22-7-5-18(17-4-6-21-19(14-17)8-12-28-21)15-20(22)16-27-10-1-2-11-29-23(25)26/h4-8,12,14-15,27-28H,1-3,9-11,13,16,24H2,(H4,25,26,29). The van der Waals surface area contributed by atoms with Gasteiger partial charge < -0.3 is 32.2 Å². The van der Waals surface area contributed by atoms with E-state index in [4.69, 9.17) is 21.9 Å². The van der Waals surface area contributed by atoms with E-state index < -0.39 is 0 Å². The number of aromatic amines is 1. The second kappa shape index (κ2) is 11.2. The van der Waals surface area contributed by atoms with Crippen molar-refractivity contribution in [3.8, 4) is 16.9 Å². The van der Waals surface area contributed by atoms with E-state index in [1.165, 1.54) is 16.5 Å². The van der Waals surface area contributed by atoms with E-state index in [9.17, 15) is 0 Å². The maximum Gasteiger partial charge on any atom is 0.185 e.